The molecule has 0 saturated carbocycles. The lowest BCUT2D eigenvalue weighted by molar-refractivity contribution is -0.139. The molecular weight excluding hydrogens is 218 g/mol. The van der Waals surface area contributed by atoms with Crippen LogP contribution in [0.4, 0.5) is 0 Å². The molecule has 0 spiro atoms. The smallest absolute Gasteiger partial charge is 0.257 e. The fraction of sp³-hybridized carbons (Fsp3) is 0.385. The van der Waals surface area contributed by atoms with E-state index in [1.807, 2.05) is 26.8 Å². The predicted molar refractivity (Wildman–Crippen MR) is 62.2 cm³/mol. The van der Waals surface area contributed by atoms with Crippen molar-refractivity contribution in [3.05, 3.63) is 34.8 Å². The van der Waals surface area contributed by atoms with Crippen LogP contribution in [0.5, 0.6) is 0 Å². The number of amides is 2. The Kier molecular flexibility index (Phi) is 2.65. The largest absolute Gasteiger partial charge is 0.466 e. The normalized spacial score (nSPS) is 17.6. The summed E-state index contributed by atoms with van der Waals surface area (Å²) in [5, 5.41) is 0. The molecule has 1 aliphatic rings. The Labute approximate surface area is 99.9 Å². The van der Waals surface area contributed by atoms with Crippen molar-refractivity contribution in [3.63, 3.8) is 0 Å². The molecule has 1 atom stereocenters. The molecule has 0 saturated heterocycles. The van der Waals surface area contributed by atoms with Gasteiger partial charge in [-0.1, -0.05) is 0 Å². The first-order valence-corrected chi connectivity index (χ1v) is 5.54. The van der Waals surface area contributed by atoms with E-state index < -0.39 is 0 Å². The van der Waals surface area contributed by atoms with Gasteiger partial charge in [0.15, 0.2) is 0 Å². The Bertz CT molecular complexity index is 525. The number of rotatable bonds is 2. The van der Waals surface area contributed by atoms with Crippen molar-refractivity contribution < 1.29 is 14.0 Å². The van der Waals surface area contributed by atoms with Gasteiger partial charge in [0.05, 0.1) is 6.04 Å². The van der Waals surface area contributed by atoms with E-state index in [2.05, 4.69) is 0 Å². The minimum atomic E-state index is -0.291. The molecule has 17 heavy (non-hydrogen) atoms. The highest BCUT2D eigenvalue weighted by Gasteiger charge is 2.34. The molecule has 1 aromatic heterocycles. The molecule has 0 aliphatic carbocycles. The monoisotopic (exact) mass is 233 g/mol. The molecule has 1 unspecified atom stereocenters. The van der Waals surface area contributed by atoms with Crippen LogP contribution < -0.4 is 0 Å². The fourth-order valence-corrected chi connectivity index (χ4v) is 2.18. The maximum absolute atomic E-state index is 11.9. The molecule has 2 rings (SSSR count). The quantitative estimate of drug-likeness (QED) is 0.736. The van der Waals surface area contributed by atoms with Crippen LogP contribution in [0.3, 0.4) is 0 Å². The molecule has 4 heteroatoms. The second-order valence-corrected chi connectivity index (χ2v) is 4.39. The Morgan fingerprint density at radius 1 is 1.24 bits per heavy atom. The van der Waals surface area contributed by atoms with Crippen LogP contribution in [0.2, 0.25) is 0 Å². The summed E-state index contributed by atoms with van der Waals surface area (Å²) in [6, 6.07) is 1.58. The summed E-state index contributed by atoms with van der Waals surface area (Å²) in [5.74, 6) is 1.06. The second-order valence-electron chi connectivity index (χ2n) is 4.39. The van der Waals surface area contributed by atoms with Crippen LogP contribution in [0.1, 0.15) is 37.0 Å². The second kappa shape index (κ2) is 3.87. The number of carbonyl (C=O) groups excluding carboxylic acids is 2. The lowest BCUT2D eigenvalue weighted by Gasteiger charge is -2.22. The molecule has 0 bridgehead atoms. The first kappa shape index (κ1) is 11.6. The van der Waals surface area contributed by atoms with E-state index in [9.17, 15) is 9.59 Å². The summed E-state index contributed by atoms with van der Waals surface area (Å²) in [4.78, 5) is 24.9. The maximum atomic E-state index is 11.9. The van der Waals surface area contributed by atoms with E-state index in [-0.39, 0.29) is 17.9 Å². The van der Waals surface area contributed by atoms with Gasteiger partial charge in [0.25, 0.3) is 11.8 Å². The van der Waals surface area contributed by atoms with Crippen LogP contribution >= 0.6 is 0 Å². The van der Waals surface area contributed by atoms with E-state index in [1.165, 1.54) is 11.0 Å². The van der Waals surface area contributed by atoms with Gasteiger partial charge in [-0.15, -0.1) is 0 Å². The minimum absolute atomic E-state index is 0.222. The first-order valence-electron chi connectivity index (χ1n) is 5.54. The number of hydrogen-bond donors (Lipinski definition) is 0. The first-order chi connectivity index (χ1) is 7.91. The van der Waals surface area contributed by atoms with Gasteiger partial charge in [-0.25, -0.2) is 0 Å². The van der Waals surface area contributed by atoms with Crippen molar-refractivity contribution in [2.24, 2.45) is 0 Å². The van der Waals surface area contributed by atoms with Crippen molar-refractivity contribution in [2.45, 2.75) is 33.7 Å². The summed E-state index contributed by atoms with van der Waals surface area (Å²) < 4.78 is 5.43. The fourth-order valence-electron chi connectivity index (χ4n) is 2.18. The Morgan fingerprint density at radius 3 is 2.29 bits per heavy atom. The molecule has 0 aromatic carbocycles. The van der Waals surface area contributed by atoms with Gasteiger partial charge in [-0.05, 0) is 33.8 Å². The van der Waals surface area contributed by atoms with E-state index >= 15 is 0 Å². The van der Waals surface area contributed by atoms with Crippen molar-refractivity contribution >= 4 is 11.8 Å². The lowest BCUT2D eigenvalue weighted by Crippen LogP contribution is -2.33. The number of aryl methyl sites for hydroxylation is 2. The number of nitrogens with zero attached hydrogens (tertiary/aromatic N) is 1. The zero-order chi connectivity index (χ0) is 12.7. The summed E-state index contributed by atoms with van der Waals surface area (Å²) in [7, 11) is 0. The van der Waals surface area contributed by atoms with Gasteiger partial charge in [0, 0.05) is 17.2 Å². The Hall–Kier alpha value is -1.84. The lowest BCUT2D eigenvalue weighted by atomic mass is 10.1. The van der Waals surface area contributed by atoms with Crippen molar-refractivity contribution in [1.82, 2.24) is 4.90 Å². The zero-order valence-corrected chi connectivity index (χ0v) is 10.4. The van der Waals surface area contributed by atoms with Crippen LogP contribution in [0.15, 0.2) is 22.1 Å². The third kappa shape index (κ3) is 1.79. The molecule has 1 aromatic rings. The van der Waals surface area contributed by atoms with E-state index in [0.717, 1.165) is 17.1 Å². The Morgan fingerprint density at radius 2 is 1.88 bits per heavy atom. The summed E-state index contributed by atoms with van der Waals surface area (Å²) in [6.45, 7) is 7.17. The summed E-state index contributed by atoms with van der Waals surface area (Å²) >= 11 is 0. The van der Waals surface area contributed by atoms with E-state index in [4.69, 9.17) is 4.42 Å². The molecule has 4 nitrogen and oxygen atoms in total. The molecule has 0 radical (unpaired) electrons. The molecule has 0 fully saturated rings. The van der Waals surface area contributed by atoms with Gasteiger partial charge in [0.1, 0.15) is 11.5 Å². The minimum Gasteiger partial charge on any atom is -0.466 e. The highest BCUT2D eigenvalue weighted by Crippen LogP contribution is 2.29. The van der Waals surface area contributed by atoms with E-state index in [1.54, 1.807) is 6.92 Å². The van der Waals surface area contributed by atoms with Crippen molar-refractivity contribution in [3.8, 4) is 0 Å². The van der Waals surface area contributed by atoms with Gasteiger partial charge < -0.3 is 4.42 Å². The van der Waals surface area contributed by atoms with Gasteiger partial charge in [-0.2, -0.15) is 0 Å². The number of hydrogen-bond acceptors (Lipinski definition) is 3. The summed E-state index contributed by atoms with van der Waals surface area (Å²) in [5.41, 5.74) is 1.37. The highest BCUT2D eigenvalue weighted by molar-refractivity contribution is 6.16. The van der Waals surface area contributed by atoms with Gasteiger partial charge in [-0.3, -0.25) is 14.5 Å². The average molecular weight is 233 g/mol. The molecule has 90 valence electrons. The molecular formula is C13H15NO3. The zero-order valence-electron chi connectivity index (χ0n) is 10.4. The van der Waals surface area contributed by atoms with Crippen LogP contribution in [-0.2, 0) is 9.59 Å². The van der Waals surface area contributed by atoms with Crippen LogP contribution in [-0.4, -0.2) is 16.7 Å². The van der Waals surface area contributed by atoms with Crippen LogP contribution in [0.25, 0.3) is 0 Å². The number of imide groups is 1. The summed E-state index contributed by atoms with van der Waals surface area (Å²) in [6.07, 6.45) is 1.38. The Balaban J connectivity index is 2.34. The molecule has 1 aliphatic heterocycles. The maximum Gasteiger partial charge on any atom is 0.257 e. The average Bonchev–Trinajstić information content (AvgIpc) is 2.68. The van der Waals surface area contributed by atoms with Gasteiger partial charge >= 0.3 is 0 Å². The topological polar surface area (TPSA) is 50.5 Å². The van der Waals surface area contributed by atoms with Crippen LogP contribution in [0, 0.1) is 13.8 Å². The molecule has 2 amide bonds. The third-order valence-corrected chi connectivity index (χ3v) is 3.05. The molecule has 2 heterocycles. The molecule has 0 N–H and O–H groups in total. The predicted octanol–water partition coefficient (Wildman–Crippen LogP) is 2.27. The standard InChI is InChI=1S/C13H15NO3/c1-7-5-12(15)14(13(7)16)9(3)11-6-8(2)17-10(11)4/h5-6,9H,1-4H3. The number of furan rings is 1. The van der Waals surface area contributed by atoms with Crippen molar-refractivity contribution in [2.75, 3.05) is 0 Å². The SMILES string of the molecule is CC1=CC(=O)N(C(C)c2cc(C)oc2C)C1=O. The third-order valence-electron chi connectivity index (χ3n) is 3.05. The number of carbonyl (C=O) groups is 2. The van der Waals surface area contributed by atoms with E-state index in [0.29, 0.717) is 5.57 Å². The van der Waals surface area contributed by atoms with Gasteiger partial charge in [0.2, 0.25) is 0 Å². The van der Waals surface area contributed by atoms with Crippen molar-refractivity contribution in [1.29, 1.82) is 0 Å². The highest BCUT2D eigenvalue weighted by atomic mass is 16.3.